The van der Waals surface area contributed by atoms with E-state index in [1.807, 2.05) is 31.2 Å². The van der Waals surface area contributed by atoms with E-state index in [4.69, 9.17) is 5.11 Å². The lowest BCUT2D eigenvalue weighted by Gasteiger charge is -2.19. The van der Waals surface area contributed by atoms with E-state index in [-0.39, 0.29) is 5.91 Å². The van der Waals surface area contributed by atoms with Gasteiger partial charge < -0.3 is 10.0 Å². The molecule has 1 aromatic rings. The van der Waals surface area contributed by atoms with Gasteiger partial charge in [-0.25, -0.2) is 4.79 Å². The highest BCUT2D eigenvalue weighted by Gasteiger charge is 2.19. The Bertz CT molecular complexity index is 480. The molecule has 96 valence electrons. The molecule has 1 N–H and O–H groups in total. The van der Waals surface area contributed by atoms with E-state index in [9.17, 15) is 9.59 Å². The molecule has 1 aromatic carbocycles. The van der Waals surface area contributed by atoms with Gasteiger partial charge in [0.1, 0.15) is 6.04 Å². The normalized spacial score (nSPS) is 12.4. The SMILES string of the molecule is Cc1ccccc1C=CC(=O)N(C)C(C)C(=O)O. The Morgan fingerprint density at radius 2 is 1.94 bits per heavy atom. The molecule has 4 heteroatoms. The molecule has 0 radical (unpaired) electrons. The van der Waals surface area contributed by atoms with Gasteiger partial charge >= 0.3 is 5.97 Å². The number of hydrogen-bond acceptors (Lipinski definition) is 2. The summed E-state index contributed by atoms with van der Waals surface area (Å²) < 4.78 is 0. The van der Waals surface area contributed by atoms with E-state index < -0.39 is 12.0 Å². The van der Waals surface area contributed by atoms with Gasteiger partial charge in [-0.05, 0) is 31.1 Å². The highest BCUT2D eigenvalue weighted by molar-refractivity contribution is 5.94. The Hall–Kier alpha value is -2.10. The standard InChI is InChI=1S/C14H17NO3/c1-10-6-4-5-7-12(10)8-9-13(16)15(3)11(2)14(17)18/h4-9,11H,1-3H3,(H,17,18). The Morgan fingerprint density at radius 1 is 1.33 bits per heavy atom. The Labute approximate surface area is 107 Å². The summed E-state index contributed by atoms with van der Waals surface area (Å²) in [7, 11) is 1.48. The fourth-order valence-electron chi connectivity index (χ4n) is 1.41. The lowest BCUT2D eigenvalue weighted by Crippen LogP contribution is -2.39. The molecule has 0 aliphatic rings. The average molecular weight is 247 g/mol. The van der Waals surface area contributed by atoms with Crippen molar-refractivity contribution < 1.29 is 14.7 Å². The second-order valence-electron chi connectivity index (χ2n) is 4.15. The molecule has 0 aromatic heterocycles. The summed E-state index contributed by atoms with van der Waals surface area (Å²) in [4.78, 5) is 23.7. The topological polar surface area (TPSA) is 57.6 Å². The van der Waals surface area contributed by atoms with Crippen LogP contribution in [0.2, 0.25) is 0 Å². The minimum Gasteiger partial charge on any atom is -0.480 e. The van der Waals surface area contributed by atoms with Gasteiger partial charge in [-0.1, -0.05) is 24.3 Å². The zero-order chi connectivity index (χ0) is 13.7. The second kappa shape index (κ2) is 6.00. The molecule has 18 heavy (non-hydrogen) atoms. The molecule has 1 unspecified atom stereocenters. The number of aryl methyl sites for hydroxylation is 1. The minimum absolute atomic E-state index is 0.326. The molecule has 1 rings (SSSR count). The molecule has 4 nitrogen and oxygen atoms in total. The van der Waals surface area contributed by atoms with Crippen molar-refractivity contribution in [2.75, 3.05) is 7.05 Å². The van der Waals surface area contributed by atoms with E-state index >= 15 is 0 Å². The third-order valence-corrected chi connectivity index (χ3v) is 2.88. The van der Waals surface area contributed by atoms with Gasteiger partial charge in [0.25, 0.3) is 0 Å². The fraction of sp³-hybridized carbons (Fsp3) is 0.286. The highest BCUT2D eigenvalue weighted by atomic mass is 16.4. The molecule has 0 saturated heterocycles. The molecule has 1 atom stereocenters. The van der Waals surface area contributed by atoms with Crippen molar-refractivity contribution in [2.24, 2.45) is 0 Å². The summed E-state index contributed by atoms with van der Waals surface area (Å²) in [5, 5.41) is 8.81. The predicted molar refractivity (Wildman–Crippen MR) is 70.1 cm³/mol. The van der Waals surface area contributed by atoms with Crippen LogP contribution in [-0.4, -0.2) is 35.0 Å². The van der Waals surface area contributed by atoms with Crippen molar-refractivity contribution in [1.29, 1.82) is 0 Å². The number of aliphatic carboxylic acids is 1. The number of rotatable bonds is 4. The van der Waals surface area contributed by atoms with E-state index in [0.717, 1.165) is 11.1 Å². The Kier molecular flexibility index (Phi) is 4.66. The minimum atomic E-state index is -1.02. The third-order valence-electron chi connectivity index (χ3n) is 2.88. The molecule has 0 spiro atoms. The predicted octanol–water partition coefficient (Wildman–Crippen LogP) is 1.94. The zero-order valence-electron chi connectivity index (χ0n) is 10.8. The zero-order valence-corrected chi connectivity index (χ0v) is 10.8. The monoisotopic (exact) mass is 247 g/mol. The largest absolute Gasteiger partial charge is 0.480 e. The van der Waals surface area contributed by atoms with Gasteiger partial charge in [0, 0.05) is 13.1 Å². The first-order valence-electron chi connectivity index (χ1n) is 5.66. The van der Waals surface area contributed by atoms with Crippen LogP contribution in [0.4, 0.5) is 0 Å². The molecule has 1 amide bonds. The van der Waals surface area contributed by atoms with Crippen LogP contribution < -0.4 is 0 Å². The number of carbonyl (C=O) groups is 2. The lowest BCUT2D eigenvalue weighted by molar-refractivity contribution is -0.146. The quantitative estimate of drug-likeness (QED) is 0.827. The molecule has 0 heterocycles. The number of amides is 1. The summed E-state index contributed by atoms with van der Waals surface area (Å²) in [6.07, 6.45) is 3.09. The Morgan fingerprint density at radius 3 is 2.50 bits per heavy atom. The van der Waals surface area contributed by atoms with Gasteiger partial charge in [0.15, 0.2) is 0 Å². The number of likely N-dealkylation sites (N-methyl/N-ethyl adjacent to an activating group) is 1. The third kappa shape index (κ3) is 3.45. The van der Waals surface area contributed by atoms with Crippen molar-refractivity contribution in [3.8, 4) is 0 Å². The summed E-state index contributed by atoms with van der Waals surface area (Å²) >= 11 is 0. The van der Waals surface area contributed by atoms with E-state index in [2.05, 4.69) is 0 Å². The smallest absolute Gasteiger partial charge is 0.326 e. The van der Waals surface area contributed by atoms with Gasteiger partial charge in [-0.3, -0.25) is 4.79 Å². The Balaban J connectivity index is 2.76. The van der Waals surface area contributed by atoms with Crippen LogP contribution in [-0.2, 0) is 9.59 Å². The first-order valence-corrected chi connectivity index (χ1v) is 5.66. The number of benzene rings is 1. The van der Waals surface area contributed by atoms with Gasteiger partial charge in [0.05, 0.1) is 0 Å². The van der Waals surface area contributed by atoms with Gasteiger partial charge in [0.2, 0.25) is 5.91 Å². The number of carbonyl (C=O) groups excluding carboxylic acids is 1. The summed E-state index contributed by atoms with van der Waals surface area (Å²) in [5.41, 5.74) is 2.01. The maximum Gasteiger partial charge on any atom is 0.326 e. The molecule has 0 saturated carbocycles. The molecular weight excluding hydrogens is 230 g/mol. The van der Waals surface area contributed by atoms with Crippen molar-refractivity contribution in [3.63, 3.8) is 0 Å². The second-order valence-corrected chi connectivity index (χ2v) is 4.15. The summed E-state index contributed by atoms with van der Waals surface area (Å²) in [6, 6.07) is 6.83. The number of hydrogen-bond donors (Lipinski definition) is 1. The number of carboxylic acid groups (broad SMARTS) is 1. The van der Waals surface area contributed by atoms with Gasteiger partial charge in [-0.15, -0.1) is 0 Å². The van der Waals surface area contributed by atoms with Crippen LogP contribution >= 0.6 is 0 Å². The van der Waals surface area contributed by atoms with Crippen LogP contribution in [0.5, 0.6) is 0 Å². The molecule has 0 bridgehead atoms. The van der Waals surface area contributed by atoms with Gasteiger partial charge in [-0.2, -0.15) is 0 Å². The molecule has 0 aliphatic heterocycles. The first-order chi connectivity index (χ1) is 8.43. The van der Waals surface area contributed by atoms with Crippen LogP contribution in [0.3, 0.4) is 0 Å². The van der Waals surface area contributed by atoms with Crippen molar-refractivity contribution in [3.05, 3.63) is 41.5 Å². The van der Waals surface area contributed by atoms with Crippen LogP contribution in [0, 0.1) is 6.92 Å². The first kappa shape index (κ1) is 14.0. The van der Waals surface area contributed by atoms with Crippen LogP contribution in [0.1, 0.15) is 18.1 Å². The average Bonchev–Trinajstić information content (AvgIpc) is 2.35. The van der Waals surface area contributed by atoms with Crippen molar-refractivity contribution in [2.45, 2.75) is 19.9 Å². The van der Waals surface area contributed by atoms with Crippen LogP contribution in [0.25, 0.3) is 6.08 Å². The molecule has 0 aliphatic carbocycles. The van der Waals surface area contributed by atoms with E-state index in [1.165, 1.54) is 24.9 Å². The number of carboxylic acids is 1. The summed E-state index contributed by atoms with van der Waals surface area (Å²) in [5.74, 6) is -1.34. The summed E-state index contributed by atoms with van der Waals surface area (Å²) in [6.45, 7) is 3.43. The lowest BCUT2D eigenvalue weighted by atomic mass is 10.1. The van der Waals surface area contributed by atoms with E-state index in [1.54, 1.807) is 6.08 Å². The van der Waals surface area contributed by atoms with Crippen LogP contribution in [0.15, 0.2) is 30.3 Å². The molecule has 0 fully saturated rings. The highest BCUT2D eigenvalue weighted by Crippen LogP contribution is 2.09. The maximum absolute atomic E-state index is 11.7. The maximum atomic E-state index is 11.7. The van der Waals surface area contributed by atoms with Crippen molar-refractivity contribution in [1.82, 2.24) is 4.90 Å². The fourth-order valence-corrected chi connectivity index (χ4v) is 1.41. The van der Waals surface area contributed by atoms with E-state index in [0.29, 0.717) is 0 Å². The molecular formula is C14H17NO3. The number of nitrogens with zero attached hydrogens (tertiary/aromatic N) is 1. The van der Waals surface area contributed by atoms with Crippen molar-refractivity contribution >= 4 is 18.0 Å².